The minimum atomic E-state index is -4.39. The van der Waals surface area contributed by atoms with E-state index in [4.69, 9.17) is 9.84 Å². The Hall–Kier alpha value is -2.97. The first-order chi connectivity index (χ1) is 17.9. The molecule has 2 aliphatic rings. The minimum Gasteiger partial charge on any atom is -0.463 e. The van der Waals surface area contributed by atoms with Gasteiger partial charge < -0.3 is 20.1 Å². The van der Waals surface area contributed by atoms with Gasteiger partial charge in [-0.1, -0.05) is 0 Å². The number of aryl methyl sites for hydroxylation is 1. The number of aliphatic hydroxyl groups is 1. The van der Waals surface area contributed by atoms with Crippen LogP contribution in [0.15, 0.2) is 29.2 Å². The van der Waals surface area contributed by atoms with Crippen LogP contribution in [0.4, 0.5) is 24.7 Å². The lowest BCUT2D eigenvalue weighted by Crippen LogP contribution is -2.36. The van der Waals surface area contributed by atoms with Crippen molar-refractivity contribution >= 4 is 27.4 Å². The molecule has 1 spiro atoms. The maximum atomic E-state index is 13.3. The third-order valence-corrected chi connectivity index (χ3v) is 8.20. The molecule has 1 aliphatic carbocycles. The lowest BCUT2D eigenvalue weighted by atomic mass is 9.93. The van der Waals surface area contributed by atoms with E-state index in [0.29, 0.717) is 29.9 Å². The van der Waals surface area contributed by atoms with Crippen LogP contribution >= 0.6 is 0 Å². The van der Waals surface area contributed by atoms with Gasteiger partial charge in [-0.05, 0) is 56.2 Å². The van der Waals surface area contributed by atoms with Gasteiger partial charge in [-0.25, -0.2) is 18.1 Å². The van der Waals surface area contributed by atoms with E-state index in [0.717, 1.165) is 12.8 Å². The summed E-state index contributed by atoms with van der Waals surface area (Å²) in [6.07, 6.45) is -1.33. The van der Waals surface area contributed by atoms with Gasteiger partial charge in [0.2, 0.25) is 10.0 Å². The Morgan fingerprint density at radius 3 is 2.50 bits per heavy atom. The normalized spacial score (nSPS) is 16.9. The van der Waals surface area contributed by atoms with Gasteiger partial charge in [-0.3, -0.25) is 4.79 Å². The lowest BCUT2D eigenvalue weighted by molar-refractivity contribution is -0.139. The molecule has 38 heavy (non-hydrogen) atoms. The molecular formula is C24H30F3N5O5S. The van der Waals surface area contributed by atoms with Crippen molar-refractivity contribution < 1.29 is 36.2 Å². The summed E-state index contributed by atoms with van der Waals surface area (Å²) in [5.41, 5.74) is 1.39. The van der Waals surface area contributed by atoms with Crippen molar-refractivity contribution in [2.75, 3.05) is 43.1 Å². The molecule has 1 amide bonds. The summed E-state index contributed by atoms with van der Waals surface area (Å²) in [5, 5.41) is 11.6. The molecule has 0 radical (unpaired) electrons. The molecular weight excluding hydrogens is 527 g/mol. The fourth-order valence-electron chi connectivity index (χ4n) is 4.41. The second-order valence-corrected chi connectivity index (χ2v) is 11.4. The predicted molar refractivity (Wildman–Crippen MR) is 133 cm³/mol. The van der Waals surface area contributed by atoms with Crippen LogP contribution in [-0.2, 0) is 10.0 Å². The van der Waals surface area contributed by atoms with Gasteiger partial charge in [-0.2, -0.15) is 18.2 Å². The standard InChI is InChI=1S/C24H30F3N5O5S/c1-16-14-20(31-22(29-16)37-13-8-24(25,26)27)30-21(34)18-3-2-17(38(35,36)28-9-12-33)15-19(18)32-10-6-23(4-5-23)7-11-32/h2-3,14-15,28,33H,4-13H2,1H3,(H,29,30,31,34). The molecule has 10 nitrogen and oxygen atoms in total. The summed E-state index contributed by atoms with van der Waals surface area (Å²) >= 11 is 0. The second kappa shape index (κ2) is 11.0. The number of alkyl halides is 3. The number of carbonyl (C=O) groups excluding carboxylic acids is 1. The van der Waals surface area contributed by atoms with Crippen molar-refractivity contribution in [2.24, 2.45) is 5.41 Å². The summed E-state index contributed by atoms with van der Waals surface area (Å²) in [6, 6.07) is 5.31. The van der Waals surface area contributed by atoms with E-state index in [-0.39, 0.29) is 35.4 Å². The number of carbonyl (C=O) groups is 1. The summed E-state index contributed by atoms with van der Waals surface area (Å²) in [6.45, 7) is 1.74. The molecule has 4 rings (SSSR count). The number of amides is 1. The number of anilines is 2. The highest BCUT2D eigenvalue weighted by Gasteiger charge is 2.44. The first-order valence-electron chi connectivity index (χ1n) is 12.3. The third-order valence-electron chi connectivity index (χ3n) is 6.74. The van der Waals surface area contributed by atoms with Crippen molar-refractivity contribution in [1.82, 2.24) is 14.7 Å². The third kappa shape index (κ3) is 7.11. The molecule has 2 aromatic rings. The van der Waals surface area contributed by atoms with Crippen LogP contribution < -0.4 is 19.7 Å². The zero-order valence-corrected chi connectivity index (χ0v) is 21.7. The van der Waals surface area contributed by atoms with Crippen LogP contribution in [0.25, 0.3) is 0 Å². The van der Waals surface area contributed by atoms with Crippen LogP contribution in [0.5, 0.6) is 6.01 Å². The summed E-state index contributed by atoms with van der Waals surface area (Å²) < 4.78 is 70.0. The molecule has 2 fully saturated rings. The van der Waals surface area contributed by atoms with Gasteiger partial charge >= 0.3 is 12.2 Å². The van der Waals surface area contributed by atoms with E-state index in [2.05, 4.69) is 20.0 Å². The zero-order chi connectivity index (χ0) is 27.6. The average Bonchev–Trinajstić information content (AvgIpc) is 3.60. The molecule has 0 unspecified atom stereocenters. The lowest BCUT2D eigenvalue weighted by Gasteiger charge is -2.35. The van der Waals surface area contributed by atoms with Crippen molar-refractivity contribution in [2.45, 2.75) is 50.1 Å². The maximum absolute atomic E-state index is 13.3. The number of benzene rings is 1. The van der Waals surface area contributed by atoms with Crippen LogP contribution in [0.2, 0.25) is 0 Å². The molecule has 0 atom stereocenters. The number of sulfonamides is 1. The van der Waals surface area contributed by atoms with Crippen molar-refractivity contribution in [3.8, 4) is 6.01 Å². The van der Waals surface area contributed by atoms with Gasteiger partial charge in [0, 0.05) is 31.4 Å². The number of hydrogen-bond donors (Lipinski definition) is 3. The molecule has 1 saturated carbocycles. The van der Waals surface area contributed by atoms with Gasteiger partial charge in [0.15, 0.2) is 0 Å². The molecule has 1 aliphatic heterocycles. The molecule has 14 heteroatoms. The van der Waals surface area contributed by atoms with E-state index >= 15 is 0 Å². The molecule has 2 heterocycles. The number of halogens is 3. The Bertz CT molecular complexity index is 1270. The van der Waals surface area contributed by atoms with E-state index in [1.54, 1.807) is 6.92 Å². The number of aromatic nitrogens is 2. The van der Waals surface area contributed by atoms with E-state index in [9.17, 15) is 26.4 Å². The number of nitrogens with one attached hydrogen (secondary N) is 2. The largest absolute Gasteiger partial charge is 0.463 e. The van der Waals surface area contributed by atoms with Crippen LogP contribution in [0.3, 0.4) is 0 Å². The molecule has 0 bridgehead atoms. The maximum Gasteiger partial charge on any atom is 0.392 e. The van der Waals surface area contributed by atoms with Crippen molar-refractivity contribution in [3.05, 3.63) is 35.5 Å². The fraction of sp³-hybridized carbons (Fsp3) is 0.542. The fourth-order valence-corrected chi connectivity index (χ4v) is 5.45. The van der Waals surface area contributed by atoms with Crippen molar-refractivity contribution in [1.29, 1.82) is 0 Å². The van der Waals surface area contributed by atoms with Gasteiger partial charge in [0.25, 0.3) is 5.91 Å². The minimum absolute atomic E-state index is 0.0346. The van der Waals surface area contributed by atoms with Crippen LogP contribution in [0.1, 0.15) is 48.2 Å². The van der Waals surface area contributed by atoms with E-state index in [1.165, 1.54) is 37.1 Å². The first kappa shape index (κ1) is 28.0. The quantitative estimate of drug-likeness (QED) is 0.406. The predicted octanol–water partition coefficient (Wildman–Crippen LogP) is 3.02. The van der Waals surface area contributed by atoms with E-state index < -0.39 is 35.1 Å². The molecule has 208 valence electrons. The van der Waals surface area contributed by atoms with Crippen LogP contribution in [0, 0.1) is 12.3 Å². The Balaban J connectivity index is 1.57. The number of nitrogens with zero attached hydrogens (tertiary/aromatic N) is 3. The highest BCUT2D eigenvalue weighted by molar-refractivity contribution is 7.89. The number of piperidine rings is 1. The highest BCUT2D eigenvalue weighted by Crippen LogP contribution is 2.54. The Labute approximate surface area is 218 Å². The zero-order valence-electron chi connectivity index (χ0n) is 20.8. The molecule has 1 aromatic carbocycles. The summed E-state index contributed by atoms with van der Waals surface area (Å²) in [7, 11) is -3.91. The molecule has 3 N–H and O–H groups in total. The number of hydrogen-bond acceptors (Lipinski definition) is 8. The number of ether oxygens (including phenoxy) is 1. The topological polar surface area (TPSA) is 134 Å². The molecule has 1 saturated heterocycles. The Kier molecular flexibility index (Phi) is 8.14. The SMILES string of the molecule is Cc1cc(NC(=O)c2ccc(S(=O)(=O)NCCO)cc2N2CCC3(CC2)CC3)nc(OCCC(F)(F)F)n1. The smallest absolute Gasteiger partial charge is 0.392 e. The van der Waals surface area contributed by atoms with Gasteiger partial charge in [-0.15, -0.1) is 0 Å². The first-order valence-corrected chi connectivity index (χ1v) is 13.7. The monoisotopic (exact) mass is 557 g/mol. The summed E-state index contributed by atoms with van der Waals surface area (Å²) in [4.78, 5) is 23.2. The average molecular weight is 558 g/mol. The Morgan fingerprint density at radius 1 is 1.16 bits per heavy atom. The molecule has 1 aromatic heterocycles. The number of rotatable bonds is 10. The number of aliphatic hydroxyl groups excluding tert-OH is 1. The highest BCUT2D eigenvalue weighted by atomic mass is 32.2. The van der Waals surface area contributed by atoms with E-state index in [1.807, 2.05) is 4.90 Å². The van der Waals surface area contributed by atoms with Gasteiger partial charge in [0.1, 0.15) is 12.4 Å². The summed E-state index contributed by atoms with van der Waals surface area (Å²) in [5.74, 6) is -0.536. The van der Waals surface area contributed by atoms with Crippen LogP contribution in [-0.4, -0.2) is 68.4 Å². The van der Waals surface area contributed by atoms with Crippen molar-refractivity contribution in [3.63, 3.8) is 0 Å². The second-order valence-electron chi connectivity index (χ2n) is 9.63. The van der Waals surface area contributed by atoms with Gasteiger partial charge in [0.05, 0.1) is 29.2 Å². The Morgan fingerprint density at radius 2 is 1.87 bits per heavy atom.